The normalized spacial score (nSPS) is 12.7. The zero-order chi connectivity index (χ0) is 13.8. The van der Waals surface area contributed by atoms with Gasteiger partial charge >= 0.3 is 0 Å². The van der Waals surface area contributed by atoms with Crippen LogP contribution in [-0.2, 0) is 0 Å². The summed E-state index contributed by atoms with van der Waals surface area (Å²) in [4.78, 5) is 0. The van der Waals surface area contributed by atoms with Crippen LogP contribution in [0.3, 0.4) is 0 Å². The van der Waals surface area contributed by atoms with Gasteiger partial charge < -0.3 is 14.5 Å². The number of furan rings is 1. The Morgan fingerprint density at radius 1 is 1.21 bits per heavy atom. The minimum atomic E-state index is 0.0158. The maximum Gasteiger partial charge on any atom is 0.169 e. The Bertz CT molecular complexity index is 536. The van der Waals surface area contributed by atoms with E-state index in [0.29, 0.717) is 0 Å². The van der Waals surface area contributed by atoms with Crippen LogP contribution in [0.4, 0.5) is 0 Å². The molecule has 0 radical (unpaired) electrons. The van der Waals surface area contributed by atoms with Gasteiger partial charge in [0.1, 0.15) is 11.5 Å². The zero-order valence-electron chi connectivity index (χ0n) is 11.3. The number of benzene rings is 1. The fourth-order valence-corrected chi connectivity index (χ4v) is 2.32. The maximum absolute atomic E-state index is 5.72. The molecule has 0 spiro atoms. The van der Waals surface area contributed by atoms with E-state index in [-0.39, 0.29) is 12.1 Å². The quantitative estimate of drug-likeness (QED) is 0.898. The first-order valence-corrected chi connectivity index (χ1v) is 7.08. The highest BCUT2D eigenvalue weighted by Crippen LogP contribution is 2.28. The molecule has 1 N–H and O–H groups in total. The number of hydrogen-bond acceptors (Lipinski definition) is 3. The van der Waals surface area contributed by atoms with Gasteiger partial charge in [-0.3, -0.25) is 0 Å². The van der Waals surface area contributed by atoms with Crippen molar-refractivity contribution in [3.63, 3.8) is 0 Å². The predicted octanol–water partition coefficient (Wildman–Crippen LogP) is 4.14. The number of nitrogens with one attached hydrogen (secondary N) is 1. The van der Waals surface area contributed by atoms with Gasteiger partial charge in [0, 0.05) is 0 Å². The van der Waals surface area contributed by atoms with Crippen LogP contribution in [0.15, 0.2) is 45.5 Å². The number of hydrogen-bond donors (Lipinski definition) is 1. The van der Waals surface area contributed by atoms with Gasteiger partial charge in [-0.25, -0.2) is 0 Å². The van der Waals surface area contributed by atoms with E-state index in [0.717, 1.165) is 21.7 Å². The van der Waals surface area contributed by atoms with Gasteiger partial charge in [-0.05, 0) is 66.7 Å². The van der Waals surface area contributed by atoms with Crippen LogP contribution in [0.1, 0.15) is 31.2 Å². The molecule has 3 nitrogen and oxygen atoms in total. The van der Waals surface area contributed by atoms with Crippen LogP contribution in [0, 0.1) is 0 Å². The van der Waals surface area contributed by atoms with Gasteiger partial charge in [-0.1, -0.05) is 12.1 Å². The lowest BCUT2D eigenvalue weighted by Crippen LogP contribution is -2.17. The van der Waals surface area contributed by atoms with E-state index in [2.05, 4.69) is 27.3 Å². The molecule has 19 heavy (non-hydrogen) atoms. The molecule has 0 saturated carbocycles. The van der Waals surface area contributed by atoms with E-state index in [4.69, 9.17) is 9.15 Å². The third kappa shape index (κ3) is 3.61. The summed E-state index contributed by atoms with van der Waals surface area (Å²) in [6.07, 6.45) is 0.168. The Balaban J connectivity index is 2.28. The molecule has 1 atom stereocenters. The Kier molecular flexibility index (Phi) is 4.66. The Morgan fingerprint density at radius 2 is 2.00 bits per heavy atom. The molecule has 1 aromatic carbocycles. The van der Waals surface area contributed by atoms with E-state index in [9.17, 15) is 0 Å². The third-order valence-electron chi connectivity index (χ3n) is 2.73. The topological polar surface area (TPSA) is 34.4 Å². The average Bonchev–Trinajstić information content (AvgIpc) is 2.76. The second-order valence-electron chi connectivity index (χ2n) is 4.60. The molecule has 4 heteroatoms. The molecule has 102 valence electrons. The second kappa shape index (κ2) is 6.26. The summed E-state index contributed by atoms with van der Waals surface area (Å²) >= 11 is 3.33. The molecule has 1 aromatic heterocycles. The van der Waals surface area contributed by atoms with Crippen LogP contribution in [0.2, 0.25) is 0 Å². The molecular weight excluding hydrogens is 306 g/mol. The Morgan fingerprint density at radius 3 is 2.58 bits per heavy atom. The summed E-state index contributed by atoms with van der Waals surface area (Å²) in [6.45, 7) is 4.04. The molecule has 1 unspecified atom stereocenters. The van der Waals surface area contributed by atoms with Crippen LogP contribution >= 0.6 is 15.9 Å². The lowest BCUT2D eigenvalue weighted by Gasteiger charge is -2.16. The van der Waals surface area contributed by atoms with E-state index in [1.54, 1.807) is 0 Å². The lowest BCUT2D eigenvalue weighted by molar-refractivity contribution is 0.242. The molecule has 0 fully saturated rings. The summed E-state index contributed by atoms with van der Waals surface area (Å²) in [5.41, 5.74) is 1.11. The van der Waals surface area contributed by atoms with Crippen LogP contribution < -0.4 is 10.1 Å². The largest absolute Gasteiger partial charge is 0.491 e. The van der Waals surface area contributed by atoms with Crippen LogP contribution in [0.25, 0.3) is 0 Å². The van der Waals surface area contributed by atoms with Gasteiger partial charge in [0.2, 0.25) is 0 Å². The van der Waals surface area contributed by atoms with Crippen molar-refractivity contribution in [2.45, 2.75) is 26.0 Å². The Hall–Kier alpha value is -1.26. The smallest absolute Gasteiger partial charge is 0.169 e. The van der Waals surface area contributed by atoms with Gasteiger partial charge in [0.25, 0.3) is 0 Å². The summed E-state index contributed by atoms with van der Waals surface area (Å²) in [7, 11) is 1.91. The fraction of sp³-hybridized carbons (Fsp3) is 0.333. The van der Waals surface area contributed by atoms with Crippen molar-refractivity contribution in [2.24, 2.45) is 0 Å². The average molecular weight is 324 g/mol. The second-order valence-corrected chi connectivity index (χ2v) is 5.38. The van der Waals surface area contributed by atoms with Crippen molar-refractivity contribution >= 4 is 15.9 Å². The Labute approximate surface area is 122 Å². The minimum absolute atomic E-state index is 0.0158. The monoisotopic (exact) mass is 323 g/mol. The predicted molar refractivity (Wildman–Crippen MR) is 79.5 cm³/mol. The first-order valence-electron chi connectivity index (χ1n) is 6.29. The van der Waals surface area contributed by atoms with Gasteiger partial charge in [0.15, 0.2) is 4.67 Å². The highest BCUT2D eigenvalue weighted by Gasteiger charge is 2.16. The molecule has 0 bridgehead atoms. The SMILES string of the molecule is CNC(c1cccc(OC(C)C)c1)c1ccc(Br)o1. The van der Waals surface area contributed by atoms with Crippen molar-refractivity contribution in [3.05, 3.63) is 52.4 Å². The summed E-state index contributed by atoms with van der Waals surface area (Å²) in [5, 5.41) is 3.26. The standard InChI is InChI=1S/C15H18BrNO2/c1-10(2)18-12-6-4-5-11(9-12)15(17-3)13-7-8-14(16)19-13/h4-10,15,17H,1-3H3. The lowest BCUT2D eigenvalue weighted by atomic mass is 10.0. The van der Waals surface area contributed by atoms with Crippen LogP contribution in [-0.4, -0.2) is 13.2 Å². The molecule has 2 rings (SSSR count). The van der Waals surface area contributed by atoms with Crippen molar-refractivity contribution in [2.75, 3.05) is 7.05 Å². The van der Waals surface area contributed by atoms with Gasteiger partial charge in [0.05, 0.1) is 12.1 Å². The van der Waals surface area contributed by atoms with Crippen molar-refractivity contribution in [3.8, 4) is 5.75 Å². The fourth-order valence-electron chi connectivity index (χ4n) is 2.00. The summed E-state index contributed by atoms with van der Waals surface area (Å²) < 4.78 is 12.1. The maximum atomic E-state index is 5.72. The molecule has 0 aliphatic heterocycles. The first kappa shape index (κ1) is 14.2. The van der Waals surface area contributed by atoms with Crippen molar-refractivity contribution in [1.82, 2.24) is 5.32 Å². The van der Waals surface area contributed by atoms with E-state index in [1.807, 2.05) is 51.2 Å². The third-order valence-corrected chi connectivity index (χ3v) is 3.16. The number of rotatable bonds is 5. The molecule has 0 aliphatic carbocycles. The first-order chi connectivity index (χ1) is 9.10. The highest BCUT2D eigenvalue weighted by atomic mass is 79.9. The van der Waals surface area contributed by atoms with Crippen molar-refractivity contribution < 1.29 is 9.15 Å². The molecular formula is C15H18BrNO2. The van der Waals surface area contributed by atoms with Gasteiger partial charge in [-0.15, -0.1) is 0 Å². The number of ether oxygens (including phenoxy) is 1. The summed E-state index contributed by atoms with van der Waals surface area (Å²) in [6, 6.07) is 11.9. The highest BCUT2D eigenvalue weighted by molar-refractivity contribution is 9.10. The minimum Gasteiger partial charge on any atom is -0.491 e. The molecule has 0 amide bonds. The van der Waals surface area contributed by atoms with Crippen molar-refractivity contribution in [1.29, 1.82) is 0 Å². The molecule has 0 saturated heterocycles. The van der Waals surface area contributed by atoms with E-state index in [1.165, 1.54) is 0 Å². The van der Waals surface area contributed by atoms with E-state index < -0.39 is 0 Å². The zero-order valence-corrected chi connectivity index (χ0v) is 12.9. The van der Waals surface area contributed by atoms with Crippen LogP contribution in [0.5, 0.6) is 5.75 Å². The molecule has 2 aromatic rings. The van der Waals surface area contributed by atoms with Gasteiger partial charge in [-0.2, -0.15) is 0 Å². The summed E-state index contributed by atoms with van der Waals surface area (Å²) in [5.74, 6) is 1.74. The number of halogens is 1. The molecule has 0 aliphatic rings. The molecule has 1 heterocycles. The van der Waals surface area contributed by atoms with E-state index >= 15 is 0 Å².